The van der Waals surface area contributed by atoms with Crippen molar-refractivity contribution in [3.8, 4) is 5.75 Å². The van der Waals surface area contributed by atoms with E-state index in [1.807, 2.05) is 0 Å². The monoisotopic (exact) mass is 384 g/mol. The summed E-state index contributed by atoms with van der Waals surface area (Å²) in [6, 6.07) is 8.65. The van der Waals surface area contributed by atoms with Crippen molar-refractivity contribution in [2.75, 3.05) is 27.2 Å². The van der Waals surface area contributed by atoms with Crippen LogP contribution in [0.25, 0.3) is 0 Å². The van der Waals surface area contributed by atoms with Gasteiger partial charge in [-0.3, -0.25) is 4.79 Å². The molecule has 0 aliphatic rings. The first-order chi connectivity index (χ1) is 12.2. The van der Waals surface area contributed by atoms with E-state index in [9.17, 15) is 22.0 Å². The second kappa shape index (κ2) is 8.24. The lowest BCUT2D eigenvalue weighted by Crippen LogP contribution is -2.29. The van der Waals surface area contributed by atoms with Crippen molar-refractivity contribution >= 4 is 15.9 Å². The van der Waals surface area contributed by atoms with Gasteiger partial charge in [0, 0.05) is 25.7 Å². The van der Waals surface area contributed by atoms with E-state index < -0.39 is 32.5 Å². The first-order valence-electron chi connectivity index (χ1n) is 7.60. The second-order valence-corrected chi connectivity index (χ2v) is 7.61. The van der Waals surface area contributed by atoms with Gasteiger partial charge in [0.05, 0.1) is 6.54 Å². The van der Waals surface area contributed by atoms with E-state index in [0.717, 1.165) is 16.4 Å². The Balaban J connectivity index is 1.99. The molecule has 0 spiro atoms. The predicted octanol–water partition coefficient (Wildman–Crippen LogP) is 2.02. The van der Waals surface area contributed by atoms with E-state index in [0.29, 0.717) is 5.75 Å². The van der Waals surface area contributed by atoms with Crippen LogP contribution in [0.1, 0.15) is 10.4 Å². The molecule has 0 saturated carbocycles. The summed E-state index contributed by atoms with van der Waals surface area (Å²) in [4.78, 5) is 11.5. The van der Waals surface area contributed by atoms with Gasteiger partial charge in [-0.05, 0) is 30.3 Å². The van der Waals surface area contributed by atoms with Gasteiger partial charge in [0.25, 0.3) is 5.91 Å². The zero-order valence-corrected chi connectivity index (χ0v) is 15.0. The van der Waals surface area contributed by atoms with Crippen LogP contribution in [0.15, 0.2) is 47.4 Å². The second-order valence-electron chi connectivity index (χ2n) is 5.49. The molecule has 0 atom stereocenters. The molecule has 0 aliphatic carbocycles. The standard InChI is InChI=1S/C17H18F2N2O4S/c1-21(2)26(23,24)16-10-12(6-7-15(16)19)17(22)20-8-9-25-14-5-3-4-13(18)11-14/h3-7,10-11H,8-9H2,1-2H3,(H,20,22). The van der Waals surface area contributed by atoms with E-state index >= 15 is 0 Å². The van der Waals surface area contributed by atoms with E-state index in [1.54, 1.807) is 6.07 Å². The molecule has 140 valence electrons. The van der Waals surface area contributed by atoms with Crippen molar-refractivity contribution in [1.29, 1.82) is 0 Å². The lowest BCUT2D eigenvalue weighted by atomic mass is 10.2. The van der Waals surface area contributed by atoms with Crippen molar-refractivity contribution in [1.82, 2.24) is 9.62 Å². The molecule has 2 aromatic carbocycles. The molecule has 1 N–H and O–H groups in total. The Kier molecular flexibility index (Phi) is 6.27. The molecule has 0 bridgehead atoms. The molecule has 0 fully saturated rings. The summed E-state index contributed by atoms with van der Waals surface area (Å²) in [5, 5.41) is 2.52. The van der Waals surface area contributed by atoms with Crippen LogP contribution in [0.2, 0.25) is 0 Å². The molecule has 0 unspecified atom stereocenters. The van der Waals surface area contributed by atoms with Gasteiger partial charge in [-0.15, -0.1) is 0 Å². The third kappa shape index (κ3) is 4.77. The van der Waals surface area contributed by atoms with Crippen LogP contribution in [0.4, 0.5) is 8.78 Å². The smallest absolute Gasteiger partial charge is 0.251 e. The third-order valence-electron chi connectivity index (χ3n) is 3.40. The van der Waals surface area contributed by atoms with Gasteiger partial charge in [-0.2, -0.15) is 0 Å². The van der Waals surface area contributed by atoms with Crippen LogP contribution in [0, 0.1) is 11.6 Å². The van der Waals surface area contributed by atoms with Crippen molar-refractivity contribution < 1.29 is 26.7 Å². The third-order valence-corrected chi connectivity index (χ3v) is 5.23. The summed E-state index contributed by atoms with van der Waals surface area (Å²) in [7, 11) is -1.47. The number of hydrogen-bond acceptors (Lipinski definition) is 4. The number of halogens is 2. The van der Waals surface area contributed by atoms with Gasteiger partial charge in [0.15, 0.2) is 0 Å². The van der Waals surface area contributed by atoms with E-state index in [-0.39, 0.29) is 18.7 Å². The van der Waals surface area contributed by atoms with Crippen molar-refractivity contribution in [3.63, 3.8) is 0 Å². The maximum atomic E-state index is 13.8. The average Bonchev–Trinajstić information content (AvgIpc) is 2.58. The highest BCUT2D eigenvalue weighted by atomic mass is 32.2. The molecule has 1 amide bonds. The Morgan fingerprint density at radius 3 is 2.54 bits per heavy atom. The van der Waals surface area contributed by atoms with Gasteiger partial charge < -0.3 is 10.1 Å². The van der Waals surface area contributed by atoms with Gasteiger partial charge in [0.2, 0.25) is 10.0 Å². The first kappa shape index (κ1) is 19.8. The summed E-state index contributed by atoms with van der Waals surface area (Å²) in [5.41, 5.74) is -0.00224. The minimum Gasteiger partial charge on any atom is -0.492 e. The maximum Gasteiger partial charge on any atom is 0.251 e. The quantitative estimate of drug-likeness (QED) is 0.741. The number of amides is 1. The number of carbonyl (C=O) groups is 1. The summed E-state index contributed by atoms with van der Waals surface area (Å²) in [5.74, 6) is -1.64. The number of nitrogens with zero attached hydrogens (tertiary/aromatic N) is 1. The number of benzene rings is 2. The Labute approximate surface area is 150 Å². The minimum absolute atomic E-state index is 0.00224. The molecule has 0 saturated heterocycles. The van der Waals surface area contributed by atoms with E-state index in [1.165, 1.54) is 38.4 Å². The summed E-state index contributed by atoms with van der Waals surface area (Å²) < 4.78 is 57.1. The van der Waals surface area contributed by atoms with Crippen molar-refractivity contribution in [2.24, 2.45) is 0 Å². The molecule has 9 heteroatoms. The lowest BCUT2D eigenvalue weighted by molar-refractivity contribution is 0.0946. The fourth-order valence-electron chi connectivity index (χ4n) is 2.03. The van der Waals surface area contributed by atoms with Crippen LogP contribution in [0.5, 0.6) is 5.75 Å². The van der Waals surface area contributed by atoms with Crippen molar-refractivity contribution in [2.45, 2.75) is 4.90 Å². The topological polar surface area (TPSA) is 75.7 Å². The molecule has 6 nitrogen and oxygen atoms in total. The zero-order chi connectivity index (χ0) is 19.3. The highest BCUT2D eigenvalue weighted by Gasteiger charge is 2.23. The summed E-state index contributed by atoms with van der Waals surface area (Å²) >= 11 is 0. The zero-order valence-electron chi connectivity index (χ0n) is 14.2. The Bertz CT molecular complexity index is 901. The summed E-state index contributed by atoms with van der Waals surface area (Å²) in [6.45, 7) is 0.182. The molecule has 0 aliphatic heterocycles. The van der Waals surface area contributed by atoms with Gasteiger partial charge in [-0.1, -0.05) is 6.07 Å². The number of nitrogens with one attached hydrogen (secondary N) is 1. The maximum absolute atomic E-state index is 13.8. The van der Waals surface area contributed by atoms with Crippen LogP contribution in [-0.4, -0.2) is 45.9 Å². The number of carbonyl (C=O) groups excluding carboxylic acids is 1. The van der Waals surface area contributed by atoms with E-state index in [2.05, 4.69) is 5.32 Å². The minimum atomic E-state index is -4.01. The molecule has 0 radical (unpaired) electrons. The lowest BCUT2D eigenvalue weighted by Gasteiger charge is -2.13. The number of sulfonamides is 1. The first-order valence-corrected chi connectivity index (χ1v) is 9.04. The Hall–Kier alpha value is -2.52. The van der Waals surface area contributed by atoms with Gasteiger partial charge >= 0.3 is 0 Å². The fourth-order valence-corrected chi connectivity index (χ4v) is 3.02. The van der Waals surface area contributed by atoms with Gasteiger partial charge in [-0.25, -0.2) is 21.5 Å². The van der Waals surface area contributed by atoms with Crippen molar-refractivity contribution in [3.05, 3.63) is 59.7 Å². The molecular formula is C17H18F2N2O4S. The van der Waals surface area contributed by atoms with Crippen LogP contribution >= 0.6 is 0 Å². The number of ether oxygens (including phenoxy) is 1. The average molecular weight is 384 g/mol. The Morgan fingerprint density at radius 1 is 1.15 bits per heavy atom. The fraction of sp³-hybridized carbons (Fsp3) is 0.235. The molecule has 2 aromatic rings. The number of rotatable bonds is 7. The normalized spacial score (nSPS) is 11.4. The predicted molar refractivity (Wildman–Crippen MR) is 91.5 cm³/mol. The molecule has 2 rings (SSSR count). The van der Waals surface area contributed by atoms with Crippen LogP contribution in [-0.2, 0) is 10.0 Å². The summed E-state index contributed by atoms with van der Waals surface area (Å²) in [6.07, 6.45) is 0. The highest BCUT2D eigenvalue weighted by Crippen LogP contribution is 2.19. The number of hydrogen-bond donors (Lipinski definition) is 1. The van der Waals surface area contributed by atoms with Gasteiger partial charge in [0.1, 0.15) is 28.9 Å². The van der Waals surface area contributed by atoms with Crippen LogP contribution < -0.4 is 10.1 Å². The molecular weight excluding hydrogens is 366 g/mol. The highest BCUT2D eigenvalue weighted by molar-refractivity contribution is 7.89. The largest absolute Gasteiger partial charge is 0.492 e. The molecule has 0 aromatic heterocycles. The molecule has 0 heterocycles. The Morgan fingerprint density at radius 2 is 1.88 bits per heavy atom. The SMILES string of the molecule is CN(C)S(=O)(=O)c1cc(C(=O)NCCOc2cccc(F)c2)ccc1F. The molecule has 26 heavy (non-hydrogen) atoms. The van der Waals surface area contributed by atoms with Crippen LogP contribution in [0.3, 0.4) is 0 Å². The van der Waals surface area contributed by atoms with E-state index in [4.69, 9.17) is 4.74 Å².